The van der Waals surface area contributed by atoms with Crippen LogP contribution in [0.2, 0.25) is 0 Å². The number of halogens is 2. The molecule has 6 heteroatoms. The molecule has 0 radical (unpaired) electrons. The maximum atomic E-state index is 14.6. The summed E-state index contributed by atoms with van der Waals surface area (Å²) >= 11 is 0.991. The van der Waals surface area contributed by atoms with Gasteiger partial charge in [0.1, 0.15) is 10.7 Å². The lowest BCUT2D eigenvalue weighted by molar-refractivity contribution is 0.0703. The van der Waals surface area contributed by atoms with Crippen LogP contribution in [-0.2, 0) is 6.42 Å². The van der Waals surface area contributed by atoms with Crippen molar-refractivity contribution in [1.82, 2.24) is 0 Å². The van der Waals surface area contributed by atoms with E-state index >= 15 is 0 Å². The molecule has 4 rings (SSSR count). The number of thiophene rings is 1. The number of aryl methyl sites for hydroxylation is 1. The van der Waals surface area contributed by atoms with Crippen molar-refractivity contribution >= 4 is 27.4 Å². The summed E-state index contributed by atoms with van der Waals surface area (Å²) in [4.78, 5) is 11.7. The molecule has 3 nitrogen and oxygen atoms in total. The lowest BCUT2D eigenvalue weighted by Gasteiger charge is -2.24. The number of rotatable bonds is 2. The summed E-state index contributed by atoms with van der Waals surface area (Å²) in [7, 11) is 0. The molecule has 1 aliphatic heterocycles. The molecule has 25 heavy (non-hydrogen) atoms. The van der Waals surface area contributed by atoms with Gasteiger partial charge in [-0.05, 0) is 61.2 Å². The van der Waals surface area contributed by atoms with E-state index in [0.29, 0.717) is 27.6 Å². The maximum Gasteiger partial charge on any atom is 0.346 e. The minimum absolute atomic E-state index is 0.0487. The van der Waals surface area contributed by atoms with Gasteiger partial charge in [0.05, 0.1) is 6.10 Å². The van der Waals surface area contributed by atoms with E-state index in [-0.39, 0.29) is 16.7 Å². The van der Waals surface area contributed by atoms with Gasteiger partial charge in [-0.3, -0.25) is 0 Å². The first-order valence-corrected chi connectivity index (χ1v) is 8.70. The Bertz CT molecular complexity index is 1010. The molecule has 1 aliphatic rings. The van der Waals surface area contributed by atoms with Gasteiger partial charge in [-0.15, -0.1) is 11.3 Å². The number of carbonyl (C=O) groups is 1. The molecule has 0 unspecified atom stereocenters. The summed E-state index contributed by atoms with van der Waals surface area (Å²) in [6.07, 6.45) is 1.39. The van der Waals surface area contributed by atoms with E-state index in [1.54, 1.807) is 12.1 Å². The Morgan fingerprint density at radius 3 is 2.84 bits per heavy atom. The minimum Gasteiger partial charge on any atom is -0.487 e. The van der Waals surface area contributed by atoms with Crippen LogP contribution in [0.5, 0.6) is 5.75 Å². The summed E-state index contributed by atoms with van der Waals surface area (Å²) < 4.78 is 34.2. The van der Waals surface area contributed by atoms with Crippen LogP contribution in [0.15, 0.2) is 30.3 Å². The second-order valence-electron chi connectivity index (χ2n) is 6.17. The quantitative estimate of drug-likeness (QED) is 0.678. The molecule has 128 valence electrons. The fraction of sp³-hybridized carbons (Fsp3) is 0.211. The molecule has 0 aliphatic carbocycles. The van der Waals surface area contributed by atoms with E-state index in [9.17, 15) is 18.7 Å². The fourth-order valence-corrected chi connectivity index (χ4v) is 4.33. The molecule has 2 aromatic carbocycles. The van der Waals surface area contributed by atoms with Crippen molar-refractivity contribution in [3.8, 4) is 16.9 Å². The summed E-state index contributed by atoms with van der Waals surface area (Å²) in [5, 5.41) is 10.1. The first-order valence-electron chi connectivity index (χ1n) is 7.89. The number of hydrogen-bond acceptors (Lipinski definition) is 3. The molecule has 1 atom stereocenters. The van der Waals surface area contributed by atoms with Crippen molar-refractivity contribution in [2.45, 2.75) is 25.9 Å². The normalized spacial score (nSPS) is 16.5. The second-order valence-corrected chi connectivity index (χ2v) is 7.22. The average molecular weight is 360 g/mol. The molecule has 0 saturated carbocycles. The smallest absolute Gasteiger partial charge is 0.346 e. The molecular formula is C19H14F2O3S. The van der Waals surface area contributed by atoms with Crippen molar-refractivity contribution in [2.75, 3.05) is 0 Å². The van der Waals surface area contributed by atoms with Crippen LogP contribution in [0.4, 0.5) is 8.78 Å². The van der Waals surface area contributed by atoms with Gasteiger partial charge >= 0.3 is 5.97 Å². The van der Waals surface area contributed by atoms with Gasteiger partial charge in [0.15, 0.2) is 11.6 Å². The number of ether oxygens (including phenoxy) is 1. The number of aromatic carboxylic acids is 1. The molecule has 0 saturated heterocycles. The zero-order chi connectivity index (χ0) is 17.7. The van der Waals surface area contributed by atoms with Gasteiger partial charge in [0, 0.05) is 15.6 Å². The van der Waals surface area contributed by atoms with Gasteiger partial charge in [0.25, 0.3) is 0 Å². The van der Waals surface area contributed by atoms with Crippen LogP contribution in [0, 0.1) is 11.6 Å². The molecule has 3 aromatic rings. The van der Waals surface area contributed by atoms with E-state index in [0.717, 1.165) is 23.3 Å². The molecule has 0 fully saturated rings. The Morgan fingerprint density at radius 2 is 2.08 bits per heavy atom. The monoisotopic (exact) mass is 360 g/mol. The number of hydrogen-bond donors (Lipinski definition) is 1. The van der Waals surface area contributed by atoms with Gasteiger partial charge in [-0.1, -0.05) is 0 Å². The van der Waals surface area contributed by atoms with Crippen LogP contribution in [0.25, 0.3) is 21.2 Å². The first-order chi connectivity index (χ1) is 11.9. The van der Waals surface area contributed by atoms with Crippen LogP contribution in [0.1, 0.15) is 28.6 Å². The fourth-order valence-electron chi connectivity index (χ4n) is 3.24. The lowest BCUT2D eigenvalue weighted by atomic mass is 9.95. The van der Waals surface area contributed by atoms with Crippen LogP contribution in [-0.4, -0.2) is 17.2 Å². The molecular weight excluding hydrogens is 346 g/mol. The van der Waals surface area contributed by atoms with Crippen molar-refractivity contribution < 1.29 is 23.4 Å². The third-order valence-electron chi connectivity index (χ3n) is 4.39. The van der Waals surface area contributed by atoms with Gasteiger partial charge in [0.2, 0.25) is 0 Å². The average Bonchev–Trinajstić information content (AvgIpc) is 2.94. The second kappa shape index (κ2) is 5.81. The SMILES string of the molecule is C[C@@H]1CCc2cc(-c3c(C(=O)O)sc4cc(F)ccc34)cc(F)c2O1. The number of carboxylic acids is 1. The lowest BCUT2D eigenvalue weighted by Crippen LogP contribution is -2.19. The molecule has 2 heterocycles. The highest BCUT2D eigenvalue weighted by Gasteiger charge is 2.25. The van der Waals surface area contributed by atoms with Crippen LogP contribution >= 0.6 is 11.3 Å². The van der Waals surface area contributed by atoms with E-state index in [2.05, 4.69) is 0 Å². The van der Waals surface area contributed by atoms with Crippen molar-refractivity contribution in [2.24, 2.45) is 0 Å². The molecule has 1 N–H and O–H groups in total. The Balaban J connectivity index is 1.97. The van der Waals surface area contributed by atoms with E-state index in [1.807, 2.05) is 6.92 Å². The zero-order valence-corrected chi connectivity index (χ0v) is 14.1. The summed E-state index contributed by atoms with van der Waals surface area (Å²) in [5.41, 5.74) is 1.63. The van der Waals surface area contributed by atoms with E-state index < -0.39 is 17.6 Å². The first kappa shape index (κ1) is 16.0. The maximum absolute atomic E-state index is 14.6. The van der Waals surface area contributed by atoms with Crippen LogP contribution < -0.4 is 4.74 Å². The van der Waals surface area contributed by atoms with Crippen LogP contribution in [0.3, 0.4) is 0 Å². The minimum atomic E-state index is -1.11. The molecule has 0 spiro atoms. The Kier molecular flexibility index (Phi) is 3.72. The zero-order valence-electron chi connectivity index (χ0n) is 13.3. The standard InChI is InChI=1S/C19H14F2O3S/c1-9-2-3-10-6-11(7-14(21)17(10)24-9)16-13-5-4-12(20)8-15(13)25-18(16)19(22)23/h4-9H,2-3H2,1H3,(H,22,23)/t9-/m1/s1. The Hall–Kier alpha value is -2.47. The summed E-state index contributed by atoms with van der Waals surface area (Å²) in [5.74, 6) is -1.81. The largest absolute Gasteiger partial charge is 0.487 e. The van der Waals surface area contributed by atoms with E-state index in [4.69, 9.17) is 4.74 Å². The molecule has 0 bridgehead atoms. The van der Waals surface area contributed by atoms with E-state index in [1.165, 1.54) is 18.2 Å². The summed E-state index contributed by atoms with van der Waals surface area (Å²) in [6, 6.07) is 7.20. The highest BCUT2D eigenvalue weighted by Crippen LogP contribution is 2.42. The number of fused-ring (bicyclic) bond motifs is 2. The summed E-state index contributed by atoms with van der Waals surface area (Å²) in [6.45, 7) is 1.89. The highest BCUT2D eigenvalue weighted by atomic mass is 32.1. The molecule has 1 aromatic heterocycles. The molecule has 0 amide bonds. The van der Waals surface area contributed by atoms with Gasteiger partial charge in [-0.2, -0.15) is 0 Å². The third kappa shape index (κ3) is 2.66. The highest BCUT2D eigenvalue weighted by molar-refractivity contribution is 7.21. The van der Waals surface area contributed by atoms with Crippen molar-refractivity contribution in [3.05, 3.63) is 52.4 Å². The third-order valence-corrected chi connectivity index (χ3v) is 5.54. The number of carboxylic acid groups (broad SMARTS) is 1. The topological polar surface area (TPSA) is 46.5 Å². The number of benzene rings is 2. The predicted molar refractivity (Wildman–Crippen MR) is 92.5 cm³/mol. The van der Waals surface area contributed by atoms with Crippen molar-refractivity contribution in [1.29, 1.82) is 0 Å². The Labute approximate surface area is 146 Å². The Morgan fingerprint density at radius 1 is 1.28 bits per heavy atom. The van der Waals surface area contributed by atoms with Crippen molar-refractivity contribution in [3.63, 3.8) is 0 Å². The van der Waals surface area contributed by atoms with Gasteiger partial charge in [-0.25, -0.2) is 13.6 Å². The van der Waals surface area contributed by atoms with Gasteiger partial charge < -0.3 is 9.84 Å². The predicted octanol–water partition coefficient (Wildman–Crippen LogP) is 5.26.